The van der Waals surface area contributed by atoms with E-state index in [1.165, 1.54) is 6.92 Å². The Morgan fingerprint density at radius 3 is 2.52 bits per heavy atom. The van der Waals surface area contributed by atoms with E-state index in [1.807, 2.05) is 18.2 Å². The highest BCUT2D eigenvalue weighted by atomic mass is 35.5. The molecule has 146 valence electrons. The number of fused-ring (bicyclic) bond motifs is 3. The van der Waals surface area contributed by atoms with Crippen molar-refractivity contribution in [3.63, 3.8) is 0 Å². The Kier molecular flexibility index (Phi) is 5.76. The minimum absolute atomic E-state index is 0. The largest absolute Gasteiger partial charge is 0.326 e. The summed E-state index contributed by atoms with van der Waals surface area (Å²) in [4.78, 5) is 11.8. The molecule has 2 aromatic rings. The number of carbonyl (C=O) groups excluding carboxylic acids is 1. The summed E-state index contributed by atoms with van der Waals surface area (Å²) in [7, 11) is -3.60. The van der Waals surface area contributed by atoms with Gasteiger partial charge >= 0.3 is 0 Å². The Bertz CT molecular complexity index is 964. The van der Waals surface area contributed by atoms with Crippen LogP contribution in [-0.2, 0) is 14.8 Å². The van der Waals surface area contributed by atoms with E-state index in [9.17, 15) is 13.2 Å². The summed E-state index contributed by atoms with van der Waals surface area (Å²) >= 11 is 0. The molecule has 2 bridgehead atoms. The minimum atomic E-state index is -3.60. The predicted octanol–water partition coefficient (Wildman–Crippen LogP) is 2.74. The SMILES string of the molecule is CC(=O)Nc1ccc(S(=O)(=O)N2CCC3CCC(C2)N3)c2ccccc12.Cl. The van der Waals surface area contributed by atoms with Gasteiger partial charge in [0.15, 0.2) is 0 Å². The molecule has 2 N–H and O–H groups in total. The van der Waals surface area contributed by atoms with Crippen LogP contribution in [-0.4, -0.2) is 43.8 Å². The zero-order valence-corrected chi connectivity index (χ0v) is 16.8. The fourth-order valence-corrected chi connectivity index (χ4v) is 5.76. The van der Waals surface area contributed by atoms with Crippen LogP contribution < -0.4 is 10.6 Å². The van der Waals surface area contributed by atoms with Crippen molar-refractivity contribution in [3.8, 4) is 0 Å². The van der Waals surface area contributed by atoms with Gasteiger partial charge in [0, 0.05) is 48.6 Å². The number of hydrogen-bond donors (Lipinski definition) is 2. The Morgan fingerprint density at radius 1 is 1.07 bits per heavy atom. The molecular weight excluding hydrogens is 386 g/mol. The number of anilines is 1. The highest BCUT2D eigenvalue weighted by molar-refractivity contribution is 7.89. The van der Waals surface area contributed by atoms with Crippen LogP contribution in [0.2, 0.25) is 0 Å². The highest BCUT2D eigenvalue weighted by Gasteiger charge is 2.35. The van der Waals surface area contributed by atoms with Crippen LogP contribution in [0.3, 0.4) is 0 Å². The van der Waals surface area contributed by atoms with Crippen molar-refractivity contribution in [2.45, 2.75) is 43.2 Å². The molecule has 0 radical (unpaired) electrons. The van der Waals surface area contributed by atoms with Gasteiger partial charge in [-0.25, -0.2) is 8.42 Å². The normalized spacial score (nSPS) is 22.9. The quantitative estimate of drug-likeness (QED) is 0.817. The number of hydrogen-bond acceptors (Lipinski definition) is 4. The van der Waals surface area contributed by atoms with Crippen LogP contribution >= 0.6 is 12.4 Å². The fourth-order valence-electron chi connectivity index (χ4n) is 4.06. The Balaban J connectivity index is 0.00000210. The molecule has 2 aliphatic heterocycles. The van der Waals surface area contributed by atoms with E-state index in [1.54, 1.807) is 22.5 Å². The van der Waals surface area contributed by atoms with Crippen LogP contribution in [0, 0.1) is 0 Å². The molecule has 2 aromatic carbocycles. The number of rotatable bonds is 3. The first kappa shape index (κ1) is 20.1. The van der Waals surface area contributed by atoms with E-state index in [-0.39, 0.29) is 24.4 Å². The summed E-state index contributed by atoms with van der Waals surface area (Å²) < 4.78 is 28.4. The fraction of sp³-hybridized carbons (Fsp3) is 0.421. The molecule has 0 aliphatic carbocycles. The van der Waals surface area contributed by atoms with E-state index < -0.39 is 10.0 Å². The summed E-state index contributed by atoms with van der Waals surface area (Å²) in [6.07, 6.45) is 3.00. The number of amides is 1. The maximum atomic E-state index is 13.4. The van der Waals surface area contributed by atoms with Gasteiger partial charge in [0.25, 0.3) is 0 Å². The second kappa shape index (κ2) is 7.75. The highest BCUT2D eigenvalue weighted by Crippen LogP contribution is 2.32. The molecule has 2 saturated heterocycles. The van der Waals surface area contributed by atoms with E-state index in [2.05, 4.69) is 10.6 Å². The number of halogens is 1. The number of nitrogens with zero attached hydrogens (tertiary/aromatic N) is 1. The Morgan fingerprint density at radius 2 is 1.78 bits per heavy atom. The number of carbonyl (C=O) groups is 1. The molecule has 0 spiro atoms. The lowest BCUT2D eigenvalue weighted by Gasteiger charge is -2.24. The zero-order valence-electron chi connectivity index (χ0n) is 15.1. The van der Waals surface area contributed by atoms with Crippen LogP contribution in [0.5, 0.6) is 0 Å². The van der Waals surface area contributed by atoms with Crippen LogP contribution in [0.15, 0.2) is 41.3 Å². The Labute approximate surface area is 165 Å². The van der Waals surface area contributed by atoms with Gasteiger partial charge in [0.2, 0.25) is 15.9 Å². The van der Waals surface area contributed by atoms with Gasteiger partial charge in [-0.3, -0.25) is 4.79 Å². The van der Waals surface area contributed by atoms with Crippen molar-refractivity contribution >= 4 is 44.8 Å². The second-order valence-corrected chi connectivity index (χ2v) is 9.03. The molecule has 8 heteroatoms. The van der Waals surface area contributed by atoms with E-state index in [0.717, 1.165) is 24.6 Å². The van der Waals surface area contributed by atoms with Gasteiger partial charge in [-0.15, -0.1) is 12.4 Å². The molecule has 2 aliphatic rings. The minimum Gasteiger partial charge on any atom is -0.326 e. The molecule has 2 atom stereocenters. The third-order valence-electron chi connectivity index (χ3n) is 5.30. The maximum Gasteiger partial charge on any atom is 0.243 e. The van der Waals surface area contributed by atoms with E-state index in [0.29, 0.717) is 35.1 Å². The number of benzene rings is 2. The van der Waals surface area contributed by atoms with Crippen LogP contribution in [0.25, 0.3) is 10.8 Å². The van der Waals surface area contributed by atoms with E-state index in [4.69, 9.17) is 0 Å². The third kappa shape index (κ3) is 3.82. The summed E-state index contributed by atoms with van der Waals surface area (Å²) in [5.74, 6) is -0.180. The molecule has 27 heavy (non-hydrogen) atoms. The first-order valence-corrected chi connectivity index (χ1v) is 10.4. The lowest BCUT2D eigenvalue weighted by molar-refractivity contribution is -0.114. The molecule has 2 unspecified atom stereocenters. The molecule has 6 nitrogen and oxygen atoms in total. The summed E-state index contributed by atoms with van der Waals surface area (Å²) in [6, 6.07) is 11.3. The molecule has 4 rings (SSSR count). The molecular formula is C19H24ClN3O3S. The standard InChI is InChI=1S/C19H23N3O3S.ClH/c1-13(23)20-18-8-9-19(17-5-3-2-4-16(17)18)26(24,25)22-11-10-14-6-7-15(12-22)21-14;/h2-5,8-9,14-15,21H,6-7,10-12H2,1H3,(H,20,23);1H. The van der Waals surface area contributed by atoms with Gasteiger partial charge in [-0.1, -0.05) is 24.3 Å². The summed E-state index contributed by atoms with van der Waals surface area (Å²) in [5, 5.41) is 7.68. The topological polar surface area (TPSA) is 78.5 Å². The summed E-state index contributed by atoms with van der Waals surface area (Å²) in [6.45, 7) is 2.50. The van der Waals surface area contributed by atoms with Gasteiger partial charge < -0.3 is 10.6 Å². The monoisotopic (exact) mass is 409 g/mol. The van der Waals surface area contributed by atoms with Crippen molar-refractivity contribution in [1.29, 1.82) is 0 Å². The zero-order chi connectivity index (χ0) is 18.3. The molecule has 0 saturated carbocycles. The average Bonchev–Trinajstić information content (AvgIpc) is 2.92. The first-order valence-electron chi connectivity index (χ1n) is 9.00. The van der Waals surface area contributed by atoms with Crippen molar-refractivity contribution < 1.29 is 13.2 Å². The second-order valence-electron chi connectivity index (χ2n) is 7.13. The summed E-state index contributed by atoms with van der Waals surface area (Å²) in [5.41, 5.74) is 0.628. The smallest absolute Gasteiger partial charge is 0.243 e. The van der Waals surface area contributed by atoms with Crippen molar-refractivity contribution in [1.82, 2.24) is 9.62 Å². The first-order chi connectivity index (χ1) is 12.4. The average molecular weight is 410 g/mol. The predicted molar refractivity (Wildman–Crippen MR) is 109 cm³/mol. The van der Waals surface area contributed by atoms with Gasteiger partial charge in [0.05, 0.1) is 4.90 Å². The van der Waals surface area contributed by atoms with Gasteiger partial charge in [-0.2, -0.15) is 4.31 Å². The van der Waals surface area contributed by atoms with E-state index >= 15 is 0 Å². The molecule has 2 fully saturated rings. The molecule has 1 amide bonds. The third-order valence-corrected chi connectivity index (χ3v) is 7.22. The lowest BCUT2D eigenvalue weighted by atomic mass is 10.1. The van der Waals surface area contributed by atoms with Crippen LogP contribution in [0.4, 0.5) is 5.69 Å². The number of nitrogens with one attached hydrogen (secondary N) is 2. The van der Waals surface area contributed by atoms with Crippen molar-refractivity contribution in [3.05, 3.63) is 36.4 Å². The molecule has 2 heterocycles. The number of sulfonamides is 1. The lowest BCUT2D eigenvalue weighted by Crippen LogP contribution is -2.39. The van der Waals surface area contributed by atoms with Crippen molar-refractivity contribution in [2.75, 3.05) is 18.4 Å². The van der Waals surface area contributed by atoms with Crippen LogP contribution in [0.1, 0.15) is 26.2 Å². The van der Waals surface area contributed by atoms with Gasteiger partial charge in [-0.05, 0) is 31.4 Å². The van der Waals surface area contributed by atoms with Gasteiger partial charge in [0.1, 0.15) is 0 Å². The maximum absolute atomic E-state index is 13.4. The molecule has 0 aromatic heterocycles. The Hall–Kier alpha value is -1.67. The van der Waals surface area contributed by atoms with Crippen molar-refractivity contribution in [2.24, 2.45) is 0 Å².